The molecule has 1 atom stereocenters. The molecule has 0 aliphatic rings. The predicted octanol–water partition coefficient (Wildman–Crippen LogP) is 1.40. The Morgan fingerprint density at radius 3 is 2.25 bits per heavy atom. The lowest BCUT2D eigenvalue weighted by molar-refractivity contribution is -0.201. The molecule has 0 amide bonds. The second-order valence-electron chi connectivity index (χ2n) is 1.85. The van der Waals surface area contributed by atoms with Crippen molar-refractivity contribution in [3.8, 4) is 0 Å². The summed E-state index contributed by atoms with van der Waals surface area (Å²) in [6.45, 7) is -2.69. The Bertz CT molecular complexity index is 154. The largest absolute Gasteiger partial charge is 0.490 e. The van der Waals surface area contributed by atoms with E-state index in [0.717, 1.165) is 0 Å². The summed E-state index contributed by atoms with van der Waals surface area (Å²) in [5.41, 5.74) is 0. The normalized spacial score (nSPS) is 14.1. The number of esters is 1. The first kappa shape index (κ1) is 11.1. The summed E-state index contributed by atoms with van der Waals surface area (Å²) in [6.07, 6.45) is -7.35. The van der Waals surface area contributed by atoms with Gasteiger partial charge in [-0.25, -0.2) is 13.6 Å². The third-order valence-corrected chi connectivity index (χ3v) is 0.794. The van der Waals surface area contributed by atoms with Crippen LogP contribution in [0.25, 0.3) is 0 Å². The van der Waals surface area contributed by atoms with Gasteiger partial charge in [0.1, 0.15) is 13.3 Å². The van der Waals surface area contributed by atoms with E-state index in [1.165, 1.54) is 0 Å². The fraction of sp³-hybridized carbons (Fsp3) is 0.800. The summed E-state index contributed by atoms with van der Waals surface area (Å²) in [5, 5.41) is 0. The molecule has 0 saturated heterocycles. The molecule has 0 fully saturated rings. The van der Waals surface area contributed by atoms with Gasteiger partial charge in [0.05, 0.1) is 0 Å². The third kappa shape index (κ3) is 4.09. The van der Waals surface area contributed by atoms with E-state index in [1.54, 1.807) is 0 Å². The molecule has 0 heterocycles. The van der Waals surface area contributed by atoms with Gasteiger partial charge in [0, 0.05) is 0 Å². The van der Waals surface area contributed by atoms with Crippen molar-refractivity contribution in [1.29, 1.82) is 0 Å². The summed E-state index contributed by atoms with van der Waals surface area (Å²) >= 11 is 0. The number of hydrogen-bond donors (Lipinski definition) is 0. The van der Waals surface area contributed by atoms with Crippen molar-refractivity contribution < 1.29 is 31.5 Å². The number of alkyl halides is 5. The van der Waals surface area contributed by atoms with E-state index in [1.807, 2.05) is 0 Å². The van der Waals surface area contributed by atoms with Gasteiger partial charge in [0.15, 0.2) is 6.17 Å². The van der Waals surface area contributed by atoms with Gasteiger partial charge in [-0.1, -0.05) is 0 Å². The molecule has 2 nitrogen and oxygen atoms in total. The minimum absolute atomic E-state index is 1.21. The van der Waals surface area contributed by atoms with Crippen LogP contribution in [0, 0.1) is 0 Å². The molecule has 0 aromatic heterocycles. The van der Waals surface area contributed by atoms with Crippen LogP contribution in [-0.4, -0.2) is 31.6 Å². The van der Waals surface area contributed by atoms with E-state index in [-0.39, 0.29) is 0 Å². The quantitative estimate of drug-likeness (QED) is 0.499. The van der Waals surface area contributed by atoms with Crippen LogP contribution in [0.2, 0.25) is 0 Å². The van der Waals surface area contributed by atoms with Gasteiger partial charge in [0.2, 0.25) is 0 Å². The Kier molecular flexibility index (Phi) is 3.91. The lowest BCUT2D eigenvalue weighted by Crippen LogP contribution is -2.28. The lowest BCUT2D eigenvalue weighted by Gasteiger charge is -2.07. The van der Waals surface area contributed by atoms with E-state index < -0.39 is 31.6 Å². The van der Waals surface area contributed by atoms with Crippen molar-refractivity contribution in [2.45, 2.75) is 12.3 Å². The van der Waals surface area contributed by atoms with Crippen molar-refractivity contribution in [2.75, 3.05) is 13.3 Å². The van der Waals surface area contributed by atoms with Crippen LogP contribution in [0.1, 0.15) is 0 Å². The van der Waals surface area contributed by atoms with E-state index in [4.69, 9.17) is 0 Å². The Morgan fingerprint density at radius 2 is 1.92 bits per heavy atom. The molecule has 0 bridgehead atoms. The van der Waals surface area contributed by atoms with Gasteiger partial charge in [-0.15, -0.1) is 0 Å². The Morgan fingerprint density at radius 1 is 1.42 bits per heavy atom. The molecular formula is C5H5F5O2. The van der Waals surface area contributed by atoms with Crippen LogP contribution in [0.15, 0.2) is 0 Å². The summed E-state index contributed by atoms with van der Waals surface area (Å²) < 4.78 is 60.5. The molecule has 12 heavy (non-hydrogen) atoms. The summed E-state index contributed by atoms with van der Waals surface area (Å²) in [6, 6.07) is 0. The molecule has 0 aromatic rings. The zero-order valence-corrected chi connectivity index (χ0v) is 5.70. The SMILES string of the molecule is O=C(OCC(F)CF)C(F)(F)F. The minimum atomic E-state index is -5.16. The van der Waals surface area contributed by atoms with Crippen molar-refractivity contribution in [2.24, 2.45) is 0 Å². The number of carbonyl (C=O) groups is 1. The minimum Gasteiger partial charge on any atom is -0.456 e. The average molecular weight is 192 g/mol. The maximum Gasteiger partial charge on any atom is 0.490 e. The molecule has 0 aromatic carbocycles. The van der Waals surface area contributed by atoms with Gasteiger partial charge in [0.25, 0.3) is 0 Å². The molecular weight excluding hydrogens is 187 g/mol. The molecule has 0 radical (unpaired) electrons. The highest BCUT2D eigenvalue weighted by Gasteiger charge is 2.41. The van der Waals surface area contributed by atoms with Gasteiger partial charge >= 0.3 is 12.1 Å². The van der Waals surface area contributed by atoms with Crippen LogP contribution in [0.4, 0.5) is 22.0 Å². The van der Waals surface area contributed by atoms with Gasteiger partial charge in [-0.05, 0) is 0 Å². The van der Waals surface area contributed by atoms with Crippen LogP contribution in [-0.2, 0) is 9.53 Å². The monoisotopic (exact) mass is 192 g/mol. The average Bonchev–Trinajstić information content (AvgIpc) is 1.97. The smallest absolute Gasteiger partial charge is 0.456 e. The Labute approximate surface area is 64.3 Å². The maximum absolute atomic E-state index is 11.9. The zero-order chi connectivity index (χ0) is 9.78. The number of hydrogen-bond acceptors (Lipinski definition) is 2. The van der Waals surface area contributed by atoms with Crippen molar-refractivity contribution in [1.82, 2.24) is 0 Å². The number of ether oxygens (including phenoxy) is 1. The molecule has 0 spiro atoms. The summed E-state index contributed by atoms with van der Waals surface area (Å²) in [4.78, 5) is 9.85. The van der Waals surface area contributed by atoms with Crippen molar-refractivity contribution in [3.05, 3.63) is 0 Å². The highest BCUT2D eigenvalue weighted by atomic mass is 19.4. The second kappa shape index (κ2) is 4.22. The molecule has 0 N–H and O–H groups in total. The highest BCUT2D eigenvalue weighted by molar-refractivity contribution is 5.75. The van der Waals surface area contributed by atoms with Crippen LogP contribution >= 0.6 is 0 Å². The molecule has 7 heteroatoms. The molecule has 1 unspecified atom stereocenters. The number of rotatable bonds is 3. The van der Waals surface area contributed by atoms with E-state index in [2.05, 4.69) is 4.74 Å². The van der Waals surface area contributed by atoms with Crippen LogP contribution < -0.4 is 0 Å². The van der Waals surface area contributed by atoms with Gasteiger partial charge < -0.3 is 4.74 Å². The highest BCUT2D eigenvalue weighted by Crippen LogP contribution is 2.16. The van der Waals surface area contributed by atoms with Gasteiger partial charge in [-0.2, -0.15) is 13.2 Å². The number of halogens is 5. The van der Waals surface area contributed by atoms with Crippen LogP contribution in [0.3, 0.4) is 0 Å². The Hall–Kier alpha value is -0.880. The van der Waals surface area contributed by atoms with E-state index >= 15 is 0 Å². The molecule has 0 rings (SSSR count). The van der Waals surface area contributed by atoms with E-state index in [9.17, 15) is 26.7 Å². The fourth-order valence-corrected chi connectivity index (χ4v) is 0.292. The topological polar surface area (TPSA) is 26.3 Å². The van der Waals surface area contributed by atoms with E-state index in [0.29, 0.717) is 0 Å². The number of carbonyl (C=O) groups excluding carboxylic acids is 1. The molecule has 0 aliphatic heterocycles. The first-order chi connectivity index (χ1) is 5.38. The van der Waals surface area contributed by atoms with Crippen molar-refractivity contribution >= 4 is 5.97 Å². The molecule has 0 aliphatic carbocycles. The Balaban J connectivity index is 3.73. The molecule has 0 saturated carbocycles. The van der Waals surface area contributed by atoms with Crippen LogP contribution in [0.5, 0.6) is 0 Å². The summed E-state index contributed by atoms with van der Waals surface area (Å²) in [5.74, 6) is -2.52. The standard InChI is InChI=1S/C5H5F5O2/c6-1-3(7)2-12-4(11)5(8,9)10/h3H,1-2H2. The lowest BCUT2D eigenvalue weighted by atomic mass is 10.4. The van der Waals surface area contributed by atoms with Gasteiger partial charge in [-0.3, -0.25) is 0 Å². The first-order valence-corrected chi connectivity index (χ1v) is 2.82. The first-order valence-electron chi connectivity index (χ1n) is 2.82. The van der Waals surface area contributed by atoms with Crippen molar-refractivity contribution in [3.63, 3.8) is 0 Å². The fourth-order valence-electron chi connectivity index (χ4n) is 0.292. The second-order valence-corrected chi connectivity index (χ2v) is 1.85. The maximum atomic E-state index is 11.9. The predicted molar refractivity (Wildman–Crippen MR) is 27.9 cm³/mol. The zero-order valence-electron chi connectivity index (χ0n) is 5.70. The summed E-state index contributed by atoms with van der Waals surface area (Å²) in [7, 11) is 0. The third-order valence-electron chi connectivity index (χ3n) is 0.794. The molecule has 72 valence electrons.